The van der Waals surface area contributed by atoms with Gasteiger partial charge in [0.1, 0.15) is 0 Å². The van der Waals surface area contributed by atoms with E-state index >= 15 is 0 Å². The lowest BCUT2D eigenvalue weighted by Crippen LogP contribution is -2.28. The van der Waals surface area contributed by atoms with Crippen LogP contribution in [0.25, 0.3) is 5.69 Å². The fraction of sp³-hybridized carbons (Fsp3) is 0.158. The minimum absolute atomic E-state index is 0.233. The van der Waals surface area contributed by atoms with Gasteiger partial charge in [-0.15, -0.1) is 0 Å². The lowest BCUT2D eigenvalue weighted by atomic mass is 10.1. The third-order valence-electron chi connectivity index (χ3n) is 3.83. The first kappa shape index (κ1) is 17.7. The van der Waals surface area contributed by atoms with Crippen LogP contribution in [-0.4, -0.2) is 22.2 Å². The number of nitrogens with zero attached hydrogens (tertiary/aromatic N) is 2. The molecule has 1 amide bonds. The van der Waals surface area contributed by atoms with Crippen LogP contribution in [0, 0.1) is 0 Å². The van der Waals surface area contributed by atoms with Crippen LogP contribution in [-0.2, 0) is 12.6 Å². The largest absolute Gasteiger partial charge is 0.434 e. The van der Waals surface area contributed by atoms with Crippen LogP contribution in [0.4, 0.5) is 13.2 Å². The molecule has 1 heterocycles. The maximum Gasteiger partial charge on any atom is 0.434 e. The Hall–Kier alpha value is -3.09. The molecule has 0 saturated carbocycles. The second kappa shape index (κ2) is 7.43. The summed E-state index contributed by atoms with van der Waals surface area (Å²) < 4.78 is 41.3. The van der Waals surface area contributed by atoms with Gasteiger partial charge >= 0.3 is 6.18 Å². The number of alkyl halides is 3. The molecular formula is C19H16F3N3O. The molecule has 1 aromatic heterocycles. The number of para-hydroxylation sites is 1. The minimum atomic E-state index is -4.71. The molecule has 4 nitrogen and oxygen atoms in total. The highest BCUT2D eigenvalue weighted by Gasteiger charge is 2.40. The van der Waals surface area contributed by atoms with Crippen LogP contribution in [0.15, 0.2) is 66.9 Å². The van der Waals surface area contributed by atoms with Crippen molar-refractivity contribution in [3.05, 3.63) is 83.7 Å². The van der Waals surface area contributed by atoms with Gasteiger partial charge in [0.25, 0.3) is 5.91 Å². The molecule has 26 heavy (non-hydrogen) atoms. The molecule has 134 valence electrons. The number of carbonyl (C=O) groups excluding carboxylic acids is 1. The summed E-state index contributed by atoms with van der Waals surface area (Å²) in [4.78, 5) is 12.3. The van der Waals surface area contributed by atoms with Crippen molar-refractivity contribution in [2.24, 2.45) is 0 Å². The van der Waals surface area contributed by atoms with Crippen LogP contribution in [0.3, 0.4) is 0 Å². The summed E-state index contributed by atoms with van der Waals surface area (Å²) in [6.45, 7) is 0.233. The summed E-state index contributed by atoms with van der Waals surface area (Å²) in [5, 5.41) is 6.31. The Morgan fingerprint density at radius 1 is 1.00 bits per heavy atom. The average Bonchev–Trinajstić information content (AvgIpc) is 3.09. The van der Waals surface area contributed by atoms with Crippen molar-refractivity contribution in [3.63, 3.8) is 0 Å². The predicted octanol–water partition coefficient (Wildman–Crippen LogP) is 3.86. The van der Waals surface area contributed by atoms with Gasteiger partial charge in [-0.1, -0.05) is 48.5 Å². The molecule has 0 radical (unpaired) electrons. The molecule has 0 atom stereocenters. The third-order valence-corrected chi connectivity index (χ3v) is 3.83. The molecular weight excluding hydrogens is 343 g/mol. The number of nitrogens with one attached hydrogen (secondary N) is 1. The number of rotatable bonds is 5. The molecule has 3 aromatic rings. The molecule has 0 bridgehead atoms. The van der Waals surface area contributed by atoms with E-state index < -0.39 is 23.3 Å². The summed E-state index contributed by atoms with van der Waals surface area (Å²) in [5.74, 6) is -0.796. The van der Waals surface area contributed by atoms with Crippen molar-refractivity contribution in [2.75, 3.05) is 6.54 Å². The molecule has 0 fully saturated rings. The van der Waals surface area contributed by atoms with Gasteiger partial charge in [0.2, 0.25) is 0 Å². The Bertz CT molecular complexity index is 874. The van der Waals surface area contributed by atoms with E-state index in [0.29, 0.717) is 6.42 Å². The number of carbonyl (C=O) groups is 1. The lowest BCUT2D eigenvalue weighted by molar-refractivity contribution is -0.143. The van der Waals surface area contributed by atoms with Gasteiger partial charge in [0.15, 0.2) is 5.69 Å². The van der Waals surface area contributed by atoms with Crippen molar-refractivity contribution in [3.8, 4) is 5.69 Å². The number of halogens is 3. The monoisotopic (exact) mass is 359 g/mol. The quantitative estimate of drug-likeness (QED) is 0.752. The number of hydrogen-bond donors (Lipinski definition) is 1. The highest BCUT2D eigenvalue weighted by atomic mass is 19.4. The van der Waals surface area contributed by atoms with Gasteiger partial charge in [-0.05, 0) is 24.1 Å². The SMILES string of the molecule is O=C(NCCc1ccccc1)c1cnn(-c2ccccc2)c1C(F)(F)F. The normalized spacial score (nSPS) is 11.3. The van der Waals surface area contributed by atoms with Gasteiger partial charge in [-0.3, -0.25) is 4.79 Å². The number of hydrogen-bond acceptors (Lipinski definition) is 2. The summed E-state index contributed by atoms with van der Waals surface area (Å²) >= 11 is 0. The molecule has 1 N–H and O–H groups in total. The van der Waals surface area contributed by atoms with Crippen LogP contribution >= 0.6 is 0 Å². The Morgan fingerprint density at radius 2 is 1.62 bits per heavy atom. The zero-order chi connectivity index (χ0) is 18.6. The van der Waals surface area contributed by atoms with E-state index in [2.05, 4.69) is 10.4 Å². The van der Waals surface area contributed by atoms with Crippen molar-refractivity contribution in [2.45, 2.75) is 12.6 Å². The van der Waals surface area contributed by atoms with Crippen LogP contribution < -0.4 is 5.32 Å². The van der Waals surface area contributed by atoms with Crippen molar-refractivity contribution in [1.82, 2.24) is 15.1 Å². The van der Waals surface area contributed by atoms with E-state index in [9.17, 15) is 18.0 Å². The molecule has 0 spiro atoms. The van der Waals surface area contributed by atoms with Crippen LogP contribution in [0.2, 0.25) is 0 Å². The van der Waals surface area contributed by atoms with Gasteiger partial charge < -0.3 is 5.32 Å². The van der Waals surface area contributed by atoms with Gasteiger partial charge in [0.05, 0.1) is 17.4 Å². The summed E-state index contributed by atoms with van der Waals surface area (Å²) in [6, 6.07) is 17.3. The zero-order valence-corrected chi connectivity index (χ0v) is 13.7. The average molecular weight is 359 g/mol. The zero-order valence-electron chi connectivity index (χ0n) is 13.7. The van der Waals surface area contributed by atoms with Crippen molar-refractivity contribution in [1.29, 1.82) is 0 Å². The molecule has 0 aliphatic carbocycles. The standard InChI is InChI=1S/C19H16F3N3O/c20-19(21,22)17-16(13-24-25(17)15-9-5-2-6-10-15)18(26)23-12-11-14-7-3-1-4-8-14/h1-10,13H,11-12H2,(H,23,26). The smallest absolute Gasteiger partial charge is 0.352 e. The molecule has 2 aromatic carbocycles. The maximum absolute atomic E-state index is 13.5. The van der Waals surface area contributed by atoms with Crippen LogP contribution in [0.5, 0.6) is 0 Å². The number of aromatic nitrogens is 2. The number of amides is 1. The van der Waals surface area contributed by atoms with E-state index in [1.165, 1.54) is 12.1 Å². The van der Waals surface area contributed by atoms with E-state index in [1.54, 1.807) is 18.2 Å². The van der Waals surface area contributed by atoms with E-state index in [1.807, 2.05) is 30.3 Å². The van der Waals surface area contributed by atoms with Crippen LogP contribution in [0.1, 0.15) is 21.6 Å². The Morgan fingerprint density at radius 3 is 2.23 bits per heavy atom. The van der Waals surface area contributed by atoms with Gasteiger partial charge in [0, 0.05) is 6.54 Å². The van der Waals surface area contributed by atoms with E-state index in [0.717, 1.165) is 16.4 Å². The minimum Gasteiger partial charge on any atom is -0.352 e. The first-order valence-corrected chi connectivity index (χ1v) is 7.99. The Kier molecular flexibility index (Phi) is 5.06. The number of benzene rings is 2. The molecule has 0 saturated heterocycles. The summed E-state index contributed by atoms with van der Waals surface area (Å²) in [7, 11) is 0. The highest BCUT2D eigenvalue weighted by molar-refractivity contribution is 5.95. The van der Waals surface area contributed by atoms with E-state index in [-0.39, 0.29) is 12.2 Å². The molecule has 3 rings (SSSR count). The van der Waals surface area contributed by atoms with Gasteiger partial charge in [-0.2, -0.15) is 18.3 Å². The summed E-state index contributed by atoms with van der Waals surface area (Å²) in [5.41, 5.74) is -0.345. The fourth-order valence-corrected chi connectivity index (χ4v) is 2.61. The molecule has 7 heteroatoms. The molecule has 0 aliphatic rings. The van der Waals surface area contributed by atoms with E-state index in [4.69, 9.17) is 0 Å². The first-order valence-electron chi connectivity index (χ1n) is 7.99. The van der Waals surface area contributed by atoms with Gasteiger partial charge in [-0.25, -0.2) is 4.68 Å². The van der Waals surface area contributed by atoms with Crippen molar-refractivity contribution >= 4 is 5.91 Å². The molecule has 0 unspecified atom stereocenters. The lowest BCUT2D eigenvalue weighted by Gasteiger charge is -2.13. The Balaban J connectivity index is 1.81. The van der Waals surface area contributed by atoms with Crippen molar-refractivity contribution < 1.29 is 18.0 Å². The second-order valence-electron chi connectivity index (χ2n) is 5.64. The topological polar surface area (TPSA) is 46.9 Å². The second-order valence-corrected chi connectivity index (χ2v) is 5.64. The molecule has 0 aliphatic heterocycles. The first-order chi connectivity index (χ1) is 12.5. The predicted molar refractivity (Wildman–Crippen MR) is 91.0 cm³/mol. The summed E-state index contributed by atoms with van der Waals surface area (Å²) in [6.07, 6.45) is -3.23. The highest BCUT2D eigenvalue weighted by Crippen LogP contribution is 2.33. The fourth-order valence-electron chi connectivity index (χ4n) is 2.61. The third kappa shape index (κ3) is 3.93. The Labute approximate surface area is 148 Å². The maximum atomic E-state index is 13.5.